The van der Waals surface area contributed by atoms with Crippen molar-refractivity contribution in [2.75, 3.05) is 13.7 Å². The van der Waals surface area contributed by atoms with E-state index in [0.29, 0.717) is 6.54 Å². The van der Waals surface area contributed by atoms with Crippen molar-refractivity contribution in [1.29, 1.82) is 0 Å². The molecule has 0 saturated heterocycles. The summed E-state index contributed by atoms with van der Waals surface area (Å²) < 4.78 is 19.0. The van der Waals surface area contributed by atoms with Crippen LogP contribution in [-0.4, -0.2) is 24.5 Å². The predicted molar refractivity (Wildman–Crippen MR) is 126 cm³/mol. The molecule has 2 aromatic carbocycles. The molecule has 3 aromatic rings. The molecule has 1 aromatic heterocycles. The number of carbonyl (C=O) groups is 1. The van der Waals surface area contributed by atoms with Crippen molar-refractivity contribution in [2.24, 2.45) is 0 Å². The summed E-state index contributed by atoms with van der Waals surface area (Å²) in [6, 6.07) is 17.9. The van der Waals surface area contributed by atoms with Crippen LogP contribution in [0.15, 0.2) is 91.3 Å². The van der Waals surface area contributed by atoms with E-state index in [4.69, 9.17) is 4.74 Å². The molecule has 0 aliphatic carbocycles. The Labute approximate surface area is 188 Å². The smallest absolute Gasteiger partial charge is 0.243 e. The molecule has 0 unspecified atom stereocenters. The zero-order valence-electron chi connectivity index (χ0n) is 18.1. The molecule has 0 saturated carbocycles. The number of nitrogens with zero attached hydrogens (tertiary/aromatic N) is 1. The number of unbranched alkanes of at least 4 members (excludes halogenated alkanes) is 1. The van der Waals surface area contributed by atoms with Crippen LogP contribution in [0.4, 0.5) is 4.39 Å². The Morgan fingerprint density at radius 2 is 1.91 bits per heavy atom. The van der Waals surface area contributed by atoms with Gasteiger partial charge >= 0.3 is 0 Å². The normalized spacial score (nSPS) is 11.5. The fourth-order valence-electron chi connectivity index (χ4n) is 3.29. The minimum atomic E-state index is -0.310. The van der Waals surface area contributed by atoms with Gasteiger partial charge in [-0.2, -0.15) is 0 Å². The maximum atomic E-state index is 13.8. The Balaban J connectivity index is 1.59. The summed E-state index contributed by atoms with van der Waals surface area (Å²) in [4.78, 5) is 16.3. The minimum Gasteiger partial charge on any atom is -0.497 e. The number of halogens is 1. The molecule has 0 aliphatic rings. The number of ether oxygens (including phenoxy) is 1. The molecule has 1 heterocycles. The van der Waals surface area contributed by atoms with Gasteiger partial charge in [0.15, 0.2) is 0 Å². The first-order valence-corrected chi connectivity index (χ1v) is 10.6. The SMILES string of the molecule is COc1ccc(/C(=C/C=C/C(=O)NCCCCc2cccnc2)c2cccc(F)c2)cc1. The van der Waals surface area contributed by atoms with E-state index in [1.807, 2.05) is 48.7 Å². The summed E-state index contributed by atoms with van der Waals surface area (Å²) in [5.74, 6) is 0.275. The summed E-state index contributed by atoms with van der Waals surface area (Å²) in [7, 11) is 1.61. The molecule has 5 heteroatoms. The molecule has 0 fully saturated rings. The van der Waals surface area contributed by atoms with Crippen molar-refractivity contribution < 1.29 is 13.9 Å². The molecule has 0 radical (unpaired) electrons. The number of pyridine rings is 1. The fraction of sp³-hybridized carbons (Fsp3) is 0.185. The third-order valence-corrected chi connectivity index (χ3v) is 4.96. The summed E-state index contributed by atoms with van der Waals surface area (Å²) >= 11 is 0. The highest BCUT2D eigenvalue weighted by Gasteiger charge is 2.06. The van der Waals surface area contributed by atoms with Gasteiger partial charge in [0.1, 0.15) is 11.6 Å². The van der Waals surface area contributed by atoms with Crippen LogP contribution in [0.2, 0.25) is 0 Å². The fourth-order valence-corrected chi connectivity index (χ4v) is 3.29. The first kappa shape index (κ1) is 22.9. The van der Waals surface area contributed by atoms with E-state index < -0.39 is 0 Å². The number of aromatic nitrogens is 1. The van der Waals surface area contributed by atoms with E-state index in [-0.39, 0.29) is 11.7 Å². The molecule has 1 N–H and O–H groups in total. The van der Waals surface area contributed by atoms with Crippen LogP contribution in [0.5, 0.6) is 5.75 Å². The van der Waals surface area contributed by atoms with Crippen molar-refractivity contribution in [3.05, 3.63) is 114 Å². The molecule has 3 rings (SSSR count). The summed E-state index contributed by atoms with van der Waals surface area (Å²) in [5, 5.41) is 2.90. The lowest BCUT2D eigenvalue weighted by atomic mass is 9.97. The quantitative estimate of drug-likeness (QED) is 0.268. The molecule has 1 amide bonds. The number of carbonyl (C=O) groups excluding carboxylic acids is 1. The Morgan fingerprint density at radius 3 is 2.62 bits per heavy atom. The maximum absolute atomic E-state index is 13.8. The van der Waals surface area contributed by atoms with Crippen LogP contribution in [0.1, 0.15) is 29.5 Å². The Hall–Kier alpha value is -3.73. The van der Waals surface area contributed by atoms with Gasteiger partial charge in [-0.1, -0.05) is 42.5 Å². The highest BCUT2D eigenvalue weighted by atomic mass is 19.1. The maximum Gasteiger partial charge on any atom is 0.243 e. The van der Waals surface area contributed by atoms with Crippen molar-refractivity contribution >= 4 is 11.5 Å². The zero-order chi connectivity index (χ0) is 22.6. The van der Waals surface area contributed by atoms with Gasteiger partial charge in [0.25, 0.3) is 0 Å². The first-order chi connectivity index (χ1) is 15.7. The van der Waals surface area contributed by atoms with Gasteiger partial charge in [-0.25, -0.2) is 4.39 Å². The standard InChI is InChI=1S/C27H27FN2O2/c1-32-25-15-13-22(14-16-25)26(23-9-4-10-24(28)19-23)11-5-12-27(31)30-18-3-2-7-21-8-6-17-29-20-21/h4-6,8-17,19-20H,2-3,7,18H2,1H3,(H,30,31)/b12-5+,26-11-. The second kappa shape index (κ2) is 12.2. The number of hydrogen-bond acceptors (Lipinski definition) is 3. The molecule has 0 spiro atoms. The number of allylic oxidation sites excluding steroid dienone is 2. The Bertz CT molecular complexity index is 1060. The van der Waals surface area contributed by atoms with Gasteiger partial charge in [0.2, 0.25) is 5.91 Å². The van der Waals surface area contributed by atoms with Crippen LogP contribution in [0.25, 0.3) is 5.57 Å². The molecular formula is C27H27FN2O2. The van der Waals surface area contributed by atoms with Crippen molar-refractivity contribution in [3.63, 3.8) is 0 Å². The number of hydrogen-bond donors (Lipinski definition) is 1. The van der Waals surface area contributed by atoms with Gasteiger partial charge in [0.05, 0.1) is 7.11 Å². The van der Waals surface area contributed by atoms with Gasteiger partial charge in [-0.05, 0) is 71.9 Å². The third-order valence-electron chi connectivity index (χ3n) is 4.96. The van der Waals surface area contributed by atoms with Gasteiger partial charge in [-0.15, -0.1) is 0 Å². The second-order valence-electron chi connectivity index (χ2n) is 7.29. The minimum absolute atomic E-state index is 0.157. The molecule has 4 nitrogen and oxygen atoms in total. The van der Waals surface area contributed by atoms with E-state index in [1.165, 1.54) is 23.8 Å². The van der Waals surface area contributed by atoms with E-state index in [2.05, 4.69) is 16.4 Å². The molecule has 0 aliphatic heterocycles. The summed E-state index contributed by atoms with van der Waals surface area (Å²) in [6.07, 6.45) is 11.5. The third kappa shape index (κ3) is 7.20. The molecule has 0 bridgehead atoms. The number of rotatable bonds is 10. The summed E-state index contributed by atoms with van der Waals surface area (Å²) in [6.45, 7) is 0.613. The predicted octanol–water partition coefficient (Wildman–Crippen LogP) is 5.36. The van der Waals surface area contributed by atoms with Crippen LogP contribution in [0.3, 0.4) is 0 Å². The number of nitrogens with one attached hydrogen (secondary N) is 1. The van der Waals surface area contributed by atoms with E-state index >= 15 is 0 Å². The first-order valence-electron chi connectivity index (χ1n) is 10.6. The van der Waals surface area contributed by atoms with Crippen molar-refractivity contribution in [3.8, 4) is 5.75 Å². The van der Waals surface area contributed by atoms with Crippen LogP contribution >= 0.6 is 0 Å². The van der Waals surface area contributed by atoms with E-state index in [0.717, 1.165) is 41.7 Å². The lowest BCUT2D eigenvalue weighted by Crippen LogP contribution is -2.22. The number of methoxy groups -OCH3 is 1. The van der Waals surface area contributed by atoms with Crippen LogP contribution in [0, 0.1) is 5.82 Å². The highest BCUT2D eigenvalue weighted by Crippen LogP contribution is 2.26. The van der Waals surface area contributed by atoms with Crippen LogP contribution in [-0.2, 0) is 11.2 Å². The molecule has 0 atom stereocenters. The lowest BCUT2D eigenvalue weighted by molar-refractivity contribution is -0.116. The number of amides is 1. The molecular weight excluding hydrogens is 403 g/mol. The number of aryl methyl sites for hydroxylation is 1. The zero-order valence-corrected chi connectivity index (χ0v) is 18.1. The lowest BCUT2D eigenvalue weighted by Gasteiger charge is -2.09. The second-order valence-corrected chi connectivity index (χ2v) is 7.29. The van der Waals surface area contributed by atoms with Gasteiger partial charge in [0, 0.05) is 25.0 Å². The Morgan fingerprint density at radius 1 is 1.06 bits per heavy atom. The highest BCUT2D eigenvalue weighted by molar-refractivity contribution is 5.89. The van der Waals surface area contributed by atoms with Crippen molar-refractivity contribution in [1.82, 2.24) is 10.3 Å². The van der Waals surface area contributed by atoms with Crippen LogP contribution < -0.4 is 10.1 Å². The summed E-state index contributed by atoms with van der Waals surface area (Å²) in [5.41, 5.74) is 3.65. The molecule has 32 heavy (non-hydrogen) atoms. The molecule has 164 valence electrons. The van der Waals surface area contributed by atoms with Gasteiger partial charge < -0.3 is 10.1 Å². The van der Waals surface area contributed by atoms with Crippen molar-refractivity contribution in [2.45, 2.75) is 19.3 Å². The topological polar surface area (TPSA) is 51.2 Å². The average Bonchev–Trinajstić information content (AvgIpc) is 2.82. The number of benzene rings is 2. The monoisotopic (exact) mass is 430 g/mol. The van der Waals surface area contributed by atoms with E-state index in [1.54, 1.807) is 25.4 Å². The Kier molecular flexibility index (Phi) is 8.75. The largest absolute Gasteiger partial charge is 0.497 e. The average molecular weight is 431 g/mol. The van der Waals surface area contributed by atoms with Gasteiger partial charge in [-0.3, -0.25) is 9.78 Å². The van der Waals surface area contributed by atoms with E-state index in [9.17, 15) is 9.18 Å².